The highest BCUT2D eigenvalue weighted by atomic mass is 32.2. The SMILES string of the molecule is Cc1cccc(S(=O)(=O)C2NCc3c(NC(=O)c4ccccc4F)n[nH]c32)c1. The smallest absolute Gasteiger partial charge is 0.259 e. The van der Waals surface area contributed by atoms with Gasteiger partial charge in [0.15, 0.2) is 21.0 Å². The molecule has 1 aliphatic rings. The topological polar surface area (TPSA) is 104 Å². The van der Waals surface area contributed by atoms with Gasteiger partial charge in [0.05, 0.1) is 16.2 Å². The van der Waals surface area contributed by atoms with Gasteiger partial charge in [0.25, 0.3) is 5.91 Å². The summed E-state index contributed by atoms with van der Waals surface area (Å²) < 4.78 is 39.8. The summed E-state index contributed by atoms with van der Waals surface area (Å²) >= 11 is 0. The summed E-state index contributed by atoms with van der Waals surface area (Å²) in [4.78, 5) is 12.5. The maximum Gasteiger partial charge on any atom is 0.259 e. The fourth-order valence-corrected chi connectivity index (χ4v) is 4.89. The Hall–Kier alpha value is -3.04. The van der Waals surface area contributed by atoms with Crippen molar-refractivity contribution in [3.63, 3.8) is 0 Å². The van der Waals surface area contributed by atoms with E-state index in [-0.39, 0.29) is 22.8 Å². The Labute approximate surface area is 160 Å². The number of carbonyl (C=O) groups is 1. The molecule has 0 saturated carbocycles. The third kappa shape index (κ3) is 3.08. The van der Waals surface area contributed by atoms with Crippen LogP contribution in [0, 0.1) is 12.7 Å². The number of amides is 1. The van der Waals surface area contributed by atoms with Crippen molar-refractivity contribution in [1.82, 2.24) is 15.5 Å². The maximum absolute atomic E-state index is 13.8. The summed E-state index contributed by atoms with van der Waals surface area (Å²) in [5, 5.41) is 11.2. The van der Waals surface area contributed by atoms with E-state index in [9.17, 15) is 17.6 Å². The first-order chi connectivity index (χ1) is 13.4. The van der Waals surface area contributed by atoms with Gasteiger partial charge in [-0.15, -0.1) is 0 Å². The van der Waals surface area contributed by atoms with E-state index in [1.165, 1.54) is 18.2 Å². The number of aromatic nitrogens is 2. The summed E-state index contributed by atoms with van der Waals surface area (Å²) in [5.41, 5.74) is 1.62. The molecule has 3 aromatic rings. The zero-order valence-corrected chi connectivity index (χ0v) is 15.7. The largest absolute Gasteiger partial charge is 0.305 e. The molecule has 3 N–H and O–H groups in total. The Morgan fingerprint density at radius 1 is 1.21 bits per heavy atom. The molecule has 0 radical (unpaired) electrons. The summed E-state index contributed by atoms with van der Waals surface area (Å²) in [7, 11) is -3.70. The van der Waals surface area contributed by atoms with Crippen LogP contribution in [0.4, 0.5) is 10.2 Å². The van der Waals surface area contributed by atoms with Crippen LogP contribution in [0.2, 0.25) is 0 Å². The molecule has 0 aliphatic carbocycles. The fraction of sp³-hybridized carbons (Fsp3) is 0.158. The summed E-state index contributed by atoms with van der Waals surface area (Å²) in [6, 6.07) is 12.2. The Balaban J connectivity index is 1.62. The van der Waals surface area contributed by atoms with Crippen LogP contribution in [-0.2, 0) is 16.4 Å². The maximum atomic E-state index is 13.8. The molecule has 144 valence electrons. The van der Waals surface area contributed by atoms with E-state index in [2.05, 4.69) is 20.8 Å². The van der Waals surface area contributed by atoms with Crippen LogP contribution in [0.15, 0.2) is 53.4 Å². The highest BCUT2D eigenvalue weighted by Gasteiger charge is 2.38. The second kappa shape index (κ2) is 6.84. The third-order valence-corrected chi connectivity index (χ3v) is 6.54. The summed E-state index contributed by atoms with van der Waals surface area (Å²) in [6.45, 7) is 2.02. The zero-order valence-electron chi connectivity index (χ0n) is 14.9. The molecule has 1 unspecified atom stereocenters. The second-order valence-corrected chi connectivity index (χ2v) is 8.55. The lowest BCUT2D eigenvalue weighted by molar-refractivity contribution is 0.102. The third-order valence-electron chi connectivity index (χ3n) is 4.60. The summed E-state index contributed by atoms with van der Waals surface area (Å²) in [5.74, 6) is -1.12. The Bertz CT molecular complexity index is 1170. The fourth-order valence-electron chi connectivity index (χ4n) is 3.19. The van der Waals surface area contributed by atoms with Gasteiger partial charge in [-0.3, -0.25) is 15.2 Å². The van der Waals surface area contributed by atoms with Gasteiger partial charge in [-0.25, -0.2) is 12.8 Å². The number of sulfone groups is 1. The van der Waals surface area contributed by atoms with E-state index in [4.69, 9.17) is 0 Å². The lowest BCUT2D eigenvalue weighted by Crippen LogP contribution is -2.23. The number of benzene rings is 2. The van der Waals surface area contributed by atoms with Gasteiger partial charge in [-0.2, -0.15) is 5.10 Å². The first-order valence-electron chi connectivity index (χ1n) is 8.55. The van der Waals surface area contributed by atoms with Crippen molar-refractivity contribution >= 4 is 21.6 Å². The second-order valence-electron chi connectivity index (χ2n) is 6.52. The lowest BCUT2D eigenvalue weighted by Gasteiger charge is -2.12. The van der Waals surface area contributed by atoms with Crippen LogP contribution in [0.3, 0.4) is 0 Å². The molecular weight excluding hydrogens is 383 g/mol. The zero-order chi connectivity index (χ0) is 19.9. The summed E-state index contributed by atoms with van der Waals surface area (Å²) in [6.07, 6.45) is 0. The quantitative estimate of drug-likeness (QED) is 0.625. The van der Waals surface area contributed by atoms with Crippen LogP contribution in [0.1, 0.15) is 32.6 Å². The number of aromatic amines is 1. The van der Waals surface area contributed by atoms with Crippen molar-refractivity contribution < 1.29 is 17.6 Å². The molecule has 9 heteroatoms. The number of anilines is 1. The number of nitrogens with zero attached hydrogens (tertiary/aromatic N) is 1. The molecule has 0 spiro atoms. The molecule has 1 amide bonds. The first kappa shape index (κ1) is 18.3. The van der Waals surface area contributed by atoms with Gasteiger partial charge >= 0.3 is 0 Å². The average molecular weight is 400 g/mol. The van der Waals surface area contributed by atoms with E-state index >= 15 is 0 Å². The standard InChI is InChI=1S/C19H17FN4O3S/c1-11-5-4-6-12(9-11)28(26,27)19-16-14(10-21-19)17(24-23-16)22-18(25)13-7-2-3-8-15(13)20/h2-9,19,21H,10H2,1H3,(H2,22,23,24,25). The van der Waals surface area contributed by atoms with Crippen molar-refractivity contribution in [1.29, 1.82) is 0 Å². The number of nitrogens with one attached hydrogen (secondary N) is 3. The van der Waals surface area contributed by atoms with Gasteiger partial charge in [0.2, 0.25) is 0 Å². The van der Waals surface area contributed by atoms with E-state index in [1.54, 1.807) is 24.3 Å². The normalized spacial score (nSPS) is 16.0. The van der Waals surface area contributed by atoms with Crippen molar-refractivity contribution in [2.24, 2.45) is 0 Å². The molecule has 1 aromatic heterocycles. The van der Waals surface area contributed by atoms with E-state index in [1.807, 2.05) is 13.0 Å². The highest BCUT2D eigenvalue weighted by molar-refractivity contribution is 7.91. The minimum absolute atomic E-state index is 0.117. The monoisotopic (exact) mass is 400 g/mol. The minimum Gasteiger partial charge on any atom is -0.305 e. The van der Waals surface area contributed by atoms with E-state index < -0.39 is 26.9 Å². The molecular formula is C19H17FN4O3S. The highest BCUT2D eigenvalue weighted by Crippen LogP contribution is 2.35. The first-order valence-corrected chi connectivity index (χ1v) is 10.1. The van der Waals surface area contributed by atoms with Crippen molar-refractivity contribution in [2.45, 2.75) is 23.7 Å². The van der Waals surface area contributed by atoms with Crippen LogP contribution in [0.25, 0.3) is 0 Å². The predicted octanol–water partition coefficient (Wildman–Crippen LogP) is 2.69. The molecule has 4 rings (SSSR count). The molecule has 0 bridgehead atoms. The van der Waals surface area contributed by atoms with Gasteiger partial charge in [-0.1, -0.05) is 24.3 Å². The van der Waals surface area contributed by atoms with Crippen molar-refractivity contribution in [3.8, 4) is 0 Å². The van der Waals surface area contributed by atoms with Crippen molar-refractivity contribution in [2.75, 3.05) is 5.32 Å². The van der Waals surface area contributed by atoms with Gasteiger partial charge in [0, 0.05) is 12.1 Å². The van der Waals surface area contributed by atoms with Gasteiger partial charge in [0.1, 0.15) is 5.82 Å². The molecule has 28 heavy (non-hydrogen) atoms. The van der Waals surface area contributed by atoms with Crippen LogP contribution >= 0.6 is 0 Å². The number of H-pyrrole nitrogens is 1. The van der Waals surface area contributed by atoms with Gasteiger partial charge < -0.3 is 5.32 Å². The molecule has 1 aliphatic heterocycles. The Morgan fingerprint density at radius 3 is 2.75 bits per heavy atom. The molecule has 7 nitrogen and oxygen atoms in total. The Kier molecular flexibility index (Phi) is 4.48. The number of hydrogen-bond acceptors (Lipinski definition) is 5. The van der Waals surface area contributed by atoms with Crippen LogP contribution in [-0.4, -0.2) is 24.5 Å². The molecule has 2 aromatic carbocycles. The molecule has 0 saturated heterocycles. The molecule has 0 fully saturated rings. The molecule has 2 heterocycles. The number of fused-ring (bicyclic) bond motifs is 1. The number of carbonyl (C=O) groups excluding carboxylic acids is 1. The number of rotatable bonds is 4. The average Bonchev–Trinajstić information content (AvgIpc) is 3.25. The van der Waals surface area contributed by atoms with Crippen molar-refractivity contribution in [3.05, 3.63) is 76.7 Å². The lowest BCUT2D eigenvalue weighted by atomic mass is 10.2. The van der Waals surface area contributed by atoms with E-state index in [0.29, 0.717) is 11.3 Å². The number of aryl methyl sites for hydroxylation is 1. The molecule has 1 atom stereocenters. The predicted molar refractivity (Wildman–Crippen MR) is 101 cm³/mol. The van der Waals surface area contributed by atoms with Gasteiger partial charge in [-0.05, 0) is 36.8 Å². The minimum atomic E-state index is -3.70. The van der Waals surface area contributed by atoms with Crippen LogP contribution in [0.5, 0.6) is 0 Å². The van der Waals surface area contributed by atoms with Crippen LogP contribution < -0.4 is 10.6 Å². The number of hydrogen-bond donors (Lipinski definition) is 3. The number of halogens is 1. The van der Waals surface area contributed by atoms with E-state index in [0.717, 1.165) is 5.56 Å². The Morgan fingerprint density at radius 2 is 2.00 bits per heavy atom.